The molecule has 0 aliphatic heterocycles. The molecule has 0 aliphatic carbocycles. The van der Waals surface area contributed by atoms with E-state index in [-0.39, 0.29) is 5.60 Å². The third-order valence-corrected chi connectivity index (χ3v) is 2.97. The van der Waals surface area contributed by atoms with E-state index in [0.29, 0.717) is 5.92 Å². The standard InChI is InChI=1S/C12H22O/c1-7-12(5,13-6)9-8-11(4)10(2)3/h1,10-11H,8-9H2,2-6H3. The number of hydrogen-bond donors (Lipinski definition) is 0. The largest absolute Gasteiger partial charge is 0.366 e. The topological polar surface area (TPSA) is 9.23 Å². The Kier molecular flexibility index (Phi) is 5.10. The lowest BCUT2D eigenvalue weighted by molar-refractivity contribution is 0.0433. The molecule has 0 bridgehead atoms. The maximum absolute atomic E-state index is 5.40. The van der Waals surface area contributed by atoms with Gasteiger partial charge in [-0.1, -0.05) is 26.7 Å². The van der Waals surface area contributed by atoms with Crippen molar-refractivity contribution in [2.24, 2.45) is 11.8 Å². The highest BCUT2D eigenvalue weighted by molar-refractivity contribution is 5.05. The first kappa shape index (κ1) is 12.5. The second-order valence-electron chi connectivity index (χ2n) is 4.34. The van der Waals surface area contributed by atoms with Gasteiger partial charge in [-0.05, 0) is 31.6 Å². The van der Waals surface area contributed by atoms with Gasteiger partial charge in [0, 0.05) is 7.11 Å². The summed E-state index contributed by atoms with van der Waals surface area (Å²) < 4.78 is 5.28. The van der Waals surface area contributed by atoms with Crippen LogP contribution in [0.4, 0.5) is 0 Å². The third kappa shape index (κ3) is 4.33. The van der Waals surface area contributed by atoms with E-state index < -0.39 is 0 Å². The van der Waals surface area contributed by atoms with Crippen LogP contribution in [-0.4, -0.2) is 12.7 Å². The van der Waals surface area contributed by atoms with Crippen molar-refractivity contribution in [2.45, 2.75) is 46.1 Å². The normalized spacial score (nSPS) is 17.9. The highest BCUT2D eigenvalue weighted by Crippen LogP contribution is 2.23. The van der Waals surface area contributed by atoms with Crippen LogP contribution < -0.4 is 0 Å². The zero-order valence-electron chi connectivity index (χ0n) is 9.55. The van der Waals surface area contributed by atoms with Gasteiger partial charge in [-0.2, -0.15) is 0 Å². The minimum Gasteiger partial charge on any atom is -0.366 e. The van der Waals surface area contributed by atoms with Crippen LogP contribution in [-0.2, 0) is 4.74 Å². The summed E-state index contributed by atoms with van der Waals surface area (Å²) in [7, 11) is 1.68. The highest BCUT2D eigenvalue weighted by atomic mass is 16.5. The molecule has 0 amide bonds. The van der Waals surface area contributed by atoms with Crippen LogP contribution in [0, 0.1) is 24.2 Å². The van der Waals surface area contributed by atoms with E-state index in [4.69, 9.17) is 11.2 Å². The van der Waals surface area contributed by atoms with Gasteiger partial charge < -0.3 is 4.74 Å². The average Bonchev–Trinajstić information content (AvgIpc) is 2.13. The van der Waals surface area contributed by atoms with E-state index in [1.807, 2.05) is 6.92 Å². The number of terminal acetylenes is 1. The molecule has 0 saturated heterocycles. The molecular weight excluding hydrogens is 160 g/mol. The van der Waals surface area contributed by atoms with E-state index in [9.17, 15) is 0 Å². The summed E-state index contributed by atoms with van der Waals surface area (Å²) in [5, 5.41) is 0. The molecule has 0 rings (SSSR count). The van der Waals surface area contributed by atoms with Crippen LogP contribution in [0.5, 0.6) is 0 Å². The monoisotopic (exact) mass is 182 g/mol. The quantitative estimate of drug-likeness (QED) is 0.594. The van der Waals surface area contributed by atoms with Gasteiger partial charge in [0.2, 0.25) is 0 Å². The molecule has 0 saturated carbocycles. The molecule has 1 nitrogen and oxygen atoms in total. The molecule has 0 radical (unpaired) electrons. The van der Waals surface area contributed by atoms with Gasteiger partial charge in [-0.25, -0.2) is 0 Å². The summed E-state index contributed by atoms with van der Waals surface area (Å²) in [4.78, 5) is 0. The lowest BCUT2D eigenvalue weighted by Gasteiger charge is -2.24. The van der Waals surface area contributed by atoms with E-state index in [1.54, 1.807) is 7.11 Å². The van der Waals surface area contributed by atoms with Crippen LogP contribution in [0.1, 0.15) is 40.5 Å². The van der Waals surface area contributed by atoms with Crippen LogP contribution >= 0.6 is 0 Å². The SMILES string of the molecule is C#CC(C)(CCC(C)C(C)C)OC. The van der Waals surface area contributed by atoms with Crippen molar-refractivity contribution in [1.82, 2.24) is 0 Å². The minimum atomic E-state index is -0.372. The predicted molar refractivity (Wildman–Crippen MR) is 57.5 cm³/mol. The maximum atomic E-state index is 5.40. The van der Waals surface area contributed by atoms with E-state index in [0.717, 1.165) is 18.8 Å². The van der Waals surface area contributed by atoms with Crippen LogP contribution in [0.3, 0.4) is 0 Å². The Hall–Kier alpha value is -0.480. The van der Waals surface area contributed by atoms with Gasteiger partial charge in [-0.3, -0.25) is 0 Å². The van der Waals surface area contributed by atoms with Crippen molar-refractivity contribution in [3.63, 3.8) is 0 Å². The summed E-state index contributed by atoms with van der Waals surface area (Å²) in [6.45, 7) is 8.71. The average molecular weight is 182 g/mol. The fourth-order valence-electron chi connectivity index (χ4n) is 1.07. The van der Waals surface area contributed by atoms with Crippen molar-refractivity contribution in [1.29, 1.82) is 0 Å². The molecule has 0 aromatic heterocycles. The smallest absolute Gasteiger partial charge is 0.125 e. The predicted octanol–water partition coefficient (Wildman–Crippen LogP) is 3.10. The summed E-state index contributed by atoms with van der Waals surface area (Å²) in [6, 6.07) is 0. The molecule has 2 unspecified atom stereocenters. The molecule has 76 valence electrons. The zero-order chi connectivity index (χ0) is 10.5. The number of hydrogen-bond acceptors (Lipinski definition) is 1. The summed E-state index contributed by atoms with van der Waals surface area (Å²) in [6.07, 6.45) is 7.48. The van der Waals surface area contributed by atoms with Crippen molar-refractivity contribution in [3.05, 3.63) is 0 Å². The van der Waals surface area contributed by atoms with Gasteiger partial charge in [0.25, 0.3) is 0 Å². The summed E-state index contributed by atoms with van der Waals surface area (Å²) >= 11 is 0. The lowest BCUT2D eigenvalue weighted by atomic mass is 9.88. The minimum absolute atomic E-state index is 0.372. The maximum Gasteiger partial charge on any atom is 0.125 e. The summed E-state index contributed by atoms with van der Waals surface area (Å²) in [5.41, 5.74) is -0.372. The molecule has 0 fully saturated rings. The Labute approximate surface area is 82.9 Å². The van der Waals surface area contributed by atoms with Gasteiger partial charge in [0.05, 0.1) is 0 Å². The second kappa shape index (κ2) is 5.29. The van der Waals surface area contributed by atoms with Gasteiger partial charge in [-0.15, -0.1) is 6.42 Å². The molecule has 2 atom stereocenters. The molecule has 0 aromatic rings. The van der Waals surface area contributed by atoms with Crippen molar-refractivity contribution in [2.75, 3.05) is 7.11 Å². The Morgan fingerprint density at radius 1 is 1.38 bits per heavy atom. The number of rotatable bonds is 5. The molecule has 1 heteroatoms. The molecule has 0 heterocycles. The zero-order valence-corrected chi connectivity index (χ0v) is 9.55. The van der Waals surface area contributed by atoms with Crippen LogP contribution in [0.2, 0.25) is 0 Å². The van der Waals surface area contributed by atoms with Gasteiger partial charge in [0.1, 0.15) is 5.60 Å². The Bertz CT molecular complexity index is 178. The molecule has 0 spiro atoms. The number of methoxy groups -OCH3 is 1. The van der Waals surface area contributed by atoms with Gasteiger partial charge >= 0.3 is 0 Å². The first-order valence-corrected chi connectivity index (χ1v) is 4.98. The van der Waals surface area contributed by atoms with E-state index in [1.165, 1.54) is 0 Å². The molecule has 0 aromatic carbocycles. The molecule has 0 N–H and O–H groups in total. The van der Waals surface area contributed by atoms with Crippen LogP contribution in [0.15, 0.2) is 0 Å². The lowest BCUT2D eigenvalue weighted by Crippen LogP contribution is -2.26. The molecular formula is C12H22O. The fraction of sp³-hybridized carbons (Fsp3) is 0.833. The third-order valence-electron chi connectivity index (χ3n) is 2.97. The Morgan fingerprint density at radius 3 is 2.23 bits per heavy atom. The fourth-order valence-corrected chi connectivity index (χ4v) is 1.07. The van der Waals surface area contributed by atoms with Crippen molar-refractivity contribution >= 4 is 0 Å². The summed E-state index contributed by atoms with van der Waals surface area (Å²) in [5.74, 6) is 4.13. The Morgan fingerprint density at radius 2 is 1.92 bits per heavy atom. The molecule has 13 heavy (non-hydrogen) atoms. The molecule has 0 aliphatic rings. The first-order valence-electron chi connectivity index (χ1n) is 4.98. The highest BCUT2D eigenvalue weighted by Gasteiger charge is 2.21. The van der Waals surface area contributed by atoms with Crippen molar-refractivity contribution < 1.29 is 4.74 Å². The number of ether oxygens (including phenoxy) is 1. The Balaban J connectivity index is 3.94. The van der Waals surface area contributed by atoms with Crippen molar-refractivity contribution in [3.8, 4) is 12.3 Å². The first-order chi connectivity index (χ1) is 5.95. The van der Waals surface area contributed by atoms with Gasteiger partial charge in [0.15, 0.2) is 0 Å². The van der Waals surface area contributed by atoms with E-state index >= 15 is 0 Å². The van der Waals surface area contributed by atoms with Crippen LogP contribution in [0.25, 0.3) is 0 Å². The second-order valence-corrected chi connectivity index (χ2v) is 4.34. The van der Waals surface area contributed by atoms with E-state index in [2.05, 4.69) is 26.7 Å².